The SMILES string of the molecule is CCCC(=O)NCCCOCCBr. The highest BCUT2D eigenvalue weighted by atomic mass is 79.9. The van der Waals surface area contributed by atoms with Gasteiger partial charge in [0.1, 0.15) is 0 Å². The molecule has 0 saturated carbocycles. The van der Waals surface area contributed by atoms with Crippen molar-refractivity contribution in [1.29, 1.82) is 0 Å². The van der Waals surface area contributed by atoms with Crippen molar-refractivity contribution in [1.82, 2.24) is 5.32 Å². The Bertz CT molecular complexity index is 131. The monoisotopic (exact) mass is 251 g/mol. The molecule has 0 spiro atoms. The van der Waals surface area contributed by atoms with Crippen LogP contribution in [0.1, 0.15) is 26.2 Å². The number of amides is 1. The Morgan fingerprint density at radius 2 is 2.23 bits per heavy atom. The zero-order valence-electron chi connectivity index (χ0n) is 8.14. The molecule has 0 bridgehead atoms. The summed E-state index contributed by atoms with van der Waals surface area (Å²) in [4.78, 5) is 11.0. The third kappa shape index (κ3) is 9.83. The first-order valence-corrected chi connectivity index (χ1v) is 5.83. The summed E-state index contributed by atoms with van der Waals surface area (Å²) in [6.07, 6.45) is 2.43. The fourth-order valence-electron chi connectivity index (χ4n) is 0.874. The minimum absolute atomic E-state index is 0.142. The largest absolute Gasteiger partial charge is 0.381 e. The lowest BCUT2D eigenvalue weighted by molar-refractivity contribution is -0.121. The van der Waals surface area contributed by atoms with E-state index in [-0.39, 0.29) is 5.91 Å². The number of hydrogen-bond donors (Lipinski definition) is 1. The van der Waals surface area contributed by atoms with Crippen LogP contribution in [0.2, 0.25) is 0 Å². The van der Waals surface area contributed by atoms with Gasteiger partial charge in [-0.2, -0.15) is 0 Å². The molecule has 0 aromatic heterocycles. The van der Waals surface area contributed by atoms with Gasteiger partial charge in [-0.15, -0.1) is 0 Å². The number of carbonyl (C=O) groups excluding carboxylic acids is 1. The number of carbonyl (C=O) groups is 1. The first kappa shape index (κ1) is 12.9. The molecule has 0 heterocycles. The average Bonchev–Trinajstić information content (AvgIpc) is 2.11. The Labute approximate surface area is 88.4 Å². The van der Waals surface area contributed by atoms with Gasteiger partial charge in [-0.05, 0) is 12.8 Å². The van der Waals surface area contributed by atoms with Crippen LogP contribution >= 0.6 is 15.9 Å². The lowest BCUT2D eigenvalue weighted by Crippen LogP contribution is -2.24. The number of rotatable bonds is 8. The zero-order chi connectivity index (χ0) is 9.94. The maximum absolute atomic E-state index is 11.0. The van der Waals surface area contributed by atoms with Crippen molar-refractivity contribution < 1.29 is 9.53 Å². The highest BCUT2D eigenvalue weighted by Crippen LogP contribution is 1.87. The molecule has 0 unspecified atom stereocenters. The Kier molecular flexibility index (Phi) is 9.92. The Morgan fingerprint density at radius 3 is 2.85 bits per heavy atom. The number of ether oxygens (including phenoxy) is 1. The van der Waals surface area contributed by atoms with Gasteiger partial charge in [0.2, 0.25) is 5.91 Å². The van der Waals surface area contributed by atoms with Crippen molar-refractivity contribution in [3.05, 3.63) is 0 Å². The van der Waals surface area contributed by atoms with Gasteiger partial charge < -0.3 is 10.1 Å². The van der Waals surface area contributed by atoms with Gasteiger partial charge in [0.25, 0.3) is 0 Å². The van der Waals surface area contributed by atoms with Crippen LogP contribution in [0.25, 0.3) is 0 Å². The summed E-state index contributed by atoms with van der Waals surface area (Å²) in [6.45, 7) is 4.18. The number of hydrogen-bond acceptors (Lipinski definition) is 2. The lowest BCUT2D eigenvalue weighted by Gasteiger charge is -2.04. The molecule has 0 radical (unpaired) electrons. The molecule has 0 aromatic carbocycles. The highest BCUT2D eigenvalue weighted by Gasteiger charge is 1.96. The summed E-state index contributed by atoms with van der Waals surface area (Å²) in [7, 11) is 0. The van der Waals surface area contributed by atoms with E-state index in [0.717, 1.165) is 37.9 Å². The Hall–Kier alpha value is -0.0900. The third-order valence-electron chi connectivity index (χ3n) is 1.49. The van der Waals surface area contributed by atoms with E-state index in [1.54, 1.807) is 0 Å². The molecule has 0 saturated heterocycles. The van der Waals surface area contributed by atoms with Crippen LogP contribution in [-0.4, -0.2) is 31.0 Å². The molecular formula is C9H18BrNO2. The van der Waals surface area contributed by atoms with Gasteiger partial charge >= 0.3 is 0 Å². The summed E-state index contributed by atoms with van der Waals surface area (Å²) < 4.78 is 5.23. The average molecular weight is 252 g/mol. The summed E-state index contributed by atoms with van der Waals surface area (Å²) in [5.41, 5.74) is 0. The molecule has 1 amide bonds. The van der Waals surface area contributed by atoms with Crippen LogP contribution < -0.4 is 5.32 Å². The fraction of sp³-hybridized carbons (Fsp3) is 0.889. The molecule has 1 N–H and O–H groups in total. The molecule has 0 aliphatic rings. The molecule has 0 aliphatic heterocycles. The van der Waals surface area contributed by atoms with Crippen molar-refractivity contribution >= 4 is 21.8 Å². The number of halogens is 1. The maximum Gasteiger partial charge on any atom is 0.219 e. The van der Waals surface area contributed by atoms with Crippen LogP contribution in [-0.2, 0) is 9.53 Å². The molecule has 78 valence electrons. The van der Waals surface area contributed by atoms with Crippen LogP contribution in [0.4, 0.5) is 0 Å². The third-order valence-corrected chi connectivity index (χ3v) is 1.81. The molecule has 0 rings (SSSR count). The smallest absolute Gasteiger partial charge is 0.219 e. The van der Waals surface area contributed by atoms with Crippen LogP contribution in [0, 0.1) is 0 Å². The molecule has 0 aromatic rings. The topological polar surface area (TPSA) is 38.3 Å². The van der Waals surface area contributed by atoms with Gasteiger partial charge in [-0.25, -0.2) is 0 Å². The second-order valence-corrected chi connectivity index (χ2v) is 3.55. The van der Waals surface area contributed by atoms with Gasteiger partial charge in [-0.3, -0.25) is 4.79 Å². The van der Waals surface area contributed by atoms with E-state index in [0.29, 0.717) is 6.42 Å². The summed E-state index contributed by atoms with van der Waals surface area (Å²) in [5, 5.41) is 3.70. The van der Waals surface area contributed by atoms with E-state index in [2.05, 4.69) is 21.2 Å². The Morgan fingerprint density at radius 1 is 1.46 bits per heavy atom. The second kappa shape index (κ2) is 9.99. The zero-order valence-corrected chi connectivity index (χ0v) is 9.73. The highest BCUT2D eigenvalue weighted by molar-refractivity contribution is 9.09. The van der Waals surface area contributed by atoms with Crippen molar-refractivity contribution in [2.24, 2.45) is 0 Å². The van der Waals surface area contributed by atoms with Crippen molar-refractivity contribution in [3.8, 4) is 0 Å². The van der Waals surface area contributed by atoms with Crippen molar-refractivity contribution in [2.75, 3.05) is 25.1 Å². The van der Waals surface area contributed by atoms with Gasteiger partial charge in [0.05, 0.1) is 6.61 Å². The second-order valence-electron chi connectivity index (χ2n) is 2.75. The van der Waals surface area contributed by atoms with Crippen LogP contribution in [0.15, 0.2) is 0 Å². The quantitative estimate of drug-likeness (QED) is 0.527. The van der Waals surface area contributed by atoms with Crippen molar-refractivity contribution in [3.63, 3.8) is 0 Å². The van der Waals surface area contributed by atoms with E-state index in [4.69, 9.17) is 4.74 Å². The van der Waals surface area contributed by atoms with Gasteiger partial charge in [0.15, 0.2) is 0 Å². The molecule has 0 fully saturated rings. The molecule has 0 aliphatic carbocycles. The van der Waals surface area contributed by atoms with E-state index >= 15 is 0 Å². The summed E-state index contributed by atoms with van der Waals surface area (Å²) in [5.74, 6) is 0.142. The van der Waals surface area contributed by atoms with Crippen molar-refractivity contribution in [2.45, 2.75) is 26.2 Å². The van der Waals surface area contributed by atoms with E-state index < -0.39 is 0 Å². The standard InChI is InChI=1S/C9H18BrNO2/c1-2-4-9(12)11-6-3-7-13-8-5-10/h2-8H2,1H3,(H,11,12). The van der Waals surface area contributed by atoms with Crippen LogP contribution in [0.3, 0.4) is 0 Å². The number of alkyl halides is 1. The molecule has 13 heavy (non-hydrogen) atoms. The minimum atomic E-state index is 0.142. The molecule has 0 atom stereocenters. The lowest BCUT2D eigenvalue weighted by atomic mass is 10.3. The first-order chi connectivity index (χ1) is 6.31. The minimum Gasteiger partial charge on any atom is -0.381 e. The predicted octanol–water partition coefficient (Wildman–Crippen LogP) is 1.70. The fourth-order valence-corrected chi connectivity index (χ4v) is 1.10. The van der Waals surface area contributed by atoms with E-state index in [1.165, 1.54) is 0 Å². The molecule has 4 heteroatoms. The molecular weight excluding hydrogens is 234 g/mol. The van der Waals surface area contributed by atoms with Gasteiger partial charge in [-0.1, -0.05) is 22.9 Å². The maximum atomic E-state index is 11.0. The van der Waals surface area contributed by atoms with Crippen LogP contribution in [0.5, 0.6) is 0 Å². The van der Waals surface area contributed by atoms with E-state index in [1.807, 2.05) is 6.92 Å². The van der Waals surface area contributed by atoms with E-state index in [9.17, 15) is 4.79 Å². The predicted molar refractivity (Wildman–Crippen MR) is 57.1 cm³/mol. The summed E-state index contributed by atoms with van der Waals surface area (Å²) >= 11 is 3.27. The summed E-state index contributed by atoms with van der Waals surface area (Å²) in [6, 6.07) is 0. The van der Waals surface area contributed by atoms with Gasteiger partial charge in [0, 0.05) is 24.9 Å². The Balaban J connectivity index is 3.02. The molecule has 3 nitrogen and oxygen atoms in total. The first-order valence-electron chi connectivity index (χ1n) is 4.71. The normalized spacial score (nSPS) is 10.0. The number of nitrogens with one attached hydrogen (secondary N) is 1.